The summed E-state index contributed by atoms with van der Waals surface area (Å²) < 4.78 is 0. The Morgan fingerprint density at radius 3 is 1.96 bits per heavy atom. The molecule has 5 heteroatoms. The fourth-order valence-corrected chi connectivity index (χ4v) is 3.23. The van der Waals surface area contributed by atoms with E-state index in [2.05, 4.69) is 63.6 Å². The van der Waals surface area contributed by atoms with Gasteiger partial charge in [0.1, 0.15) is 0 Å². The zero-order chi connectivity index (χ0) is 19.9. The van der Waals surface area contributed by atoms with E-state index in [1.165, 1.54) is 16.8 Å². The van der Waals surface area contributed by atoms with Gasteiger partial charge in [-0.15, -0.1) is 0 Å². The molecule has 144 valence electrons. The molecule has 0 atom stereocenters. The molecule has 0 saturated carbocycles. The summed E-state index contributed by atoms with van der Waals surface area (Å²) in [6.07, 6.45) is 0. The first kappa shape index (κ1) is 20.2. The molecule has 3 rings (SSSR count). The second kappa shape index (κ2) is 9.58. The van der Waals surface area contributed by atoms with Crippen molar-refractivity contribution in [3.63, 3.8) is 0 Å². The van der Waals surface area contributed by atoms with Gasteiger partial charge in [0.25, 0.3) is 0 Å². The second-order valence-corrected chi connectivity index (χ2v) is 7.66. The summed E-state index contributed by atoms with van der Waals surface area (Å²) >= 11 is 11.7. The maximum absolute atomic E-state index is 5.99. The lowest BCUT2D eigenvalue weighted by Gasteiger charge is -2.26. The lowest BCUT2D eigenvalue weighted by Crippen LogP contribution is -2.33. The van der Waals surface area contributed by atoms with Gasteiger partial charge in [0.15, 0.2) is 5.11 Å². The van der Waals surface area contributed by atoms with E-state index in [4.69, 9.17) is 23.8 Å². The summed E-state index contributed by atoms with van der Waals surface area (Å²) in [7, 11) is 4.09. The van der Waals surface area contributed by atoms with E-state index in [1.807, 2.05) is 44.4 Å². The van der Waals surface area contributed by atoms with Gasteiger partial charge in [-0.05, 0) is 59.7 Å². The molecular weight excluding hydrogens is 386 g/mol. The number of hydrogen-bond acceptors (Lipinski definition) is 2. The Kier molecular flexibility index (Phi) is 6.90. The Bertz CT molecular complexity index is 893. The molecule has 0 bridgehead atoms. The lowest BCUT2D eigenvalue weighted by atomic mass is 10.1. The van der Waals surface area contributed by atoms with Crippen LogP contribution in [0.5, 0.6) is 0 Å². The number of rotatable bonds is 6. The van der Waals surface area contributed by atoms with Crippen molar-refractivity contribution in [1.29, 1.82) is 0 Å². The third-order valence-corrected chi connectivity index (χ3v) is 5.04. The first-order chi connectivity index (χ1) is 13.5. The largest absolute Gasteiger partial charge is 0.378 e. The first-order valence-electron chi connectivity index (χ1n) is 9.13. The topological polar surface area (TPSA) is 18.5 Å². The number of halogens is 1. The number of thiocarbonyl (C=S) groups is 1. The van der Waals surface area contributed by atoms with Crippen LogP contribution in [-0.2, 0) is 13.1 Å². The third kappa shape index (κ3) is 5.72. The van der Waals surface area contributed by atoms with Crippen LogP contribution in [0.4, 0.5) is 11.4 Å². The van der Waals surface area contributed by atoms with Gasteiger partial charge in [0.2, 0.25) is 0 Å². The van der Waals surface area contributed by atoms with Crippen molar-refractivity contribution < 1.29 is 0 Å². The number of anilines is 2. The molecule has 3 aromatic carbocycles. The molecule has 0 unspecified atom stereocenters. The summed E-state index contributed by atoms with van der Waals surface area (Å²) in [5.74, 6) is 0. The van der Waals surface area contributed by atoms with Crippen LogP contribution in [0.3, 0.4) is 0 Å². The highest BCUT2D eigenvalue weighted by atomic mass is 35.5. The number of nitrogens with zero attached hydrogens (tertiary/aromatic N) is 2. The highest BCUT2D eigenvalue weighted by molar-refractivity contribution is 7.80. The monoisotopic (exact) mass is 409 g/mol. The van der Waals surface area contributed by atoms with Crippen molar-refractivity contribution in [1.82, 2.24) is 4.90 Å². The molecule has 0 amide bonds. The van der Waals surface area contributed by atoms with Crippen molar-refractivity contribution in [2.24, 2.45) is 0 Å². The number of benzene rings is 3. The average molecular weight is 410 g/mol. The summed E-state index contributed by atoms with van der Waals surface area (Å²) in [5, 5.41) is 4.72. The Balaban J connectivity index is 1.77. The van der Waals surface area contributed by atoms with Crippen molar-refractivity contribution in [3.05, 3.63) is 95.0 Å². The lowest BCUT2D eigenvalue weighted by molar-refractivity contribution is 0.413. The Hall–Kier alpha value is -2.56. The molecule has 28 heavy (non-hydrogen) atoms. The molecule has 1 N–H and O–H groups in total. The highest BCUT2D eigenvalue weighted by Gasteiger charge is 2.12. The van der Waals surface area contributed by atoms with Gasteiger partial charge < -0.3 is 15.1 Å². The van der Waals surface area contributed by atoms with E-state index in [-0.39, 0.29) is 0 Å². The van der Waals surface area contributed by atoms with E-state index in [0.29, 0.717) is 10.1 Å². The van der Waals surface area contributed by atoms with Crippen LogP contribution in [0.1, 0.15) is 11.1 Å². The Morgan fingerprint density at radius 1 is 0.821 bits per heavy atom. The van der Waals surface area contributed by atoms with Crippen molar-refractivity contribution in [2.75, 3.05) is 24.3 Å². The van der Waals surface area contributed by atoms with Gasteiger partial charge in [0, 0.05) is 43.6 Å². The summed E-state index contributed by atoms with van der Waals surface area (Å²) in [5.41, 5.74) is 4.53. The molecule has 0 aromatic heterocycles. The smallest absolute Gasteiger partial charge is 0.174 e. The van der Waals surface area contributed by atoms with E-state index < -0.39 is 0 Å². The third-order valence-electron chi connectivity index (χ3n) is 4.43. The van der Waals surface area contributed by atoms with Gasteiger partial charge in [-0.3, -0.25) is 0 Å². The maximum atomic E-state index is 5.99. The summed E-state index contributed by atoms with van der Waals surface area (Å²) in [4.78, 5) is 4.27. The van der Waals surface area contributed by atoms with Crippen molar-refractivity contribution >= 4 is 40.3 Å². The SMILES string of the molecule is CN(C)c1ccc(CN(Cc2ccccc2)C(=S)Nc2ccc(Cl)cc2)cc1. The van der Waals surface area contributed by atoms with Crippen LogP contribution < -0.4 is 10.2 Å². The average Bonchev–Trinajstić information content (AvgIpc) is 2.70. The molecule has 3 aromatic rings. The van der Waals surface area contributed by atoms with Gasteiger partial charge >= 0.3 is 0 Å². The first-order valence-corrected chi connectivity index (χ1v) is 9.91. The van der Waals surface area contributed by atoms with Crippen LogP contribution in [-0.4, -0.2) is 24.1 Å². The van der Waals surface area contributed by atoms with Crippen LogP contribution in [0.25, 0.3) is 0 Å². The van der Waals surface area contributed by atoms with Crippen LogP contribution >= 0.6 is 23.8 Å². The van der Waals surface area contributed by atoms with Gasteiger partial charge in [-0.25, -0.2) is 0 Å². The van der Waals surface area contributed by atoms with E-state index in [0.717, 1.165) is 18.8 Å². The predicted octanol–water partition coefficient (Wildman–Crippen LogP) is 5.81. The normalized spacial score (nSPS) is 10.4. The molecule has 0 saturated heterocycles. The molecule has 0 aliphatic heterocycles. The standard InChI is InChI=1S/C23H24ClN3S/c1-26(2)22-14-8-19(9-15-22)17-27(16-18-6-4-3-5-7-18)23(28)25-21-12-10-20(24)11-13-21/h3-15H,16-17H2,1-2H3,(H,25,28). The maximum Gasteiger partial charge on any atom is 0.174 e. The number of hydrogen-bond donors (Lipinski definition) is 1. The van der Waals surface area contributed by atoms with Crippen LogP contribution in [0.15, 0.2) is 78.9 Å². The fourth-order valence-electron chi connectivity index (χ4n) is 2.86. The minimum absolute atomic E-state index is 0.683. The van der Waals surface area contributed by atoms with Gasteiger partial charge in [0.05, 0.1) is 0 Å². The van der Waals surface area contributed by atoms with Crippen molar-refractivity contribution in [3.8, 4) is 0 Å². The fraction of sp³-hybridized carbons (Fsp3) is 0.174. The van der Waals surface area contributed by atoms with Crippen LogP contribution in [0, 0.1) is 0 Å². The zero-order valence-electron chi connectivity index (χ0n) is 16.1. The summed E-state index contributed by atoms with van der Waals surface area (Å²) in [6, 6.07) is 26.5. The minimum atomic E-state index is 0.683. The van der Waals surface area contributed by atoms with E-state index in [9.17, 15) is 0 Å². The Morgan fingerprint density at radius 2 is 1.39 bits per heavy atom. The molecule has 0 fully saturated rings. The summed E-state index contributed by atoms with van der Waals surface area (Å²) in [6.45, 7) is 1.46. The highest BCUT2D eigenvalue weighted by Crippen LogP contribution is 2.18. The van der Waals surface area contributed by atoms with E-state index >= 15 is 0 Å². The number of nitrogens with one attached hydrogen (secondary N) is 1. The second-order valence-electron chi connectivity index (χ2n) is 6.84. The predicted molar refractivity (Wildman–Crippen MR) is 124 cm³/mol. The molecular formula is C23H24ClN3S. The molecule has 0 aliphatic rings. The van der Waals surface area contributed by atoms with Gasteiger partial charge in [-0.1, -0.05) is 54.1 Å². The minimum Gasteiger partial charge on any atom is -0.378 e. The molecule has 0 radical (unpaired) electrons. The molecule has 3 nitrogen and oxygen atoms in total. The van der Waals surface area contributed by atoms with Crippen LogP contribution in [0.2, 0.25) is 5.02 Å². The van der Waals surface area contributed by atoms with Gasteiger partial charge in [-0.2, -0.15) is 0 Å². The van der Waals surface area contributed by atoms with Crippen molar-refractivity contribution in [2.45, 2.75) is 13.1 Å². The molecule has 0 aliphatic carbocycles. The molecule has 0 spiro atoms. The quantitative estimate of drug-likeness (QED) is 0.518. The van der Waals surface area contributed by atoms with E-state index in [1.54, 1.807) is 0 Å². The Labute approximate surface area is 177 Å². The zero-order valence-corrected chi connectivity index (χ0v) is 17.7. The molecule has 0 heterocycles.